The van der Waals surface area contributed by atoms with Crippen LogP contribution in [0.1, 0.15) is 19.8 Å². The van der Waals surface area contributed by atoms with Crippen molar-refractivity contribution >= 4 is 15.7 Å². The fourth-order valence-corrected chi connectivity index (χ4v) is 3.25. The molecule has 1 heterocycles. The van der Waals surface area contributed by atoms with Gasteiger partial charge in [0.2, 0.25) is 10.0 Å². The molecule has 1 aliphatic rings. The quantitative estimate of drug-likeness (QED) is 0.869. The maximum atomic E-state index is 11.7. The van der Waals surface area contributed by atoms with Crippen LogP contribution in [0.15, 0.2) is 29.2 Å². The first-order valence-corrected chi connectivity index (χ1v) is 8.79. The summed E-state index contributed by atoms with van der Waals surface area (Å²) in [6.07, 6.45) is 2.37. The van der Waals surface area contributed by atoms with E-state index >= 15 is 0 Å². The van der Waals surface area contributed by atoms with Gasteiger partial charge in [-0.05, 0) is 69.7 Å². The molecule has 0 aromatic heterocycles. The van der Waals surface area contributed by atoms with Gasteiger partial charge in [-0.3, -0.25) is 0 Å². The van der Waals surface area contributed by atoms with Gasteiger partial charge in [0.15, 0.2) is 0 Å². The molecule has 1 aromatic carbocycles. The van der Waals surface area contributed by atoms with Gasteiger partial charge in [0.05, 0.1) is 4.90 Å². The largest absolute Gasteiger partial charge is 0.384 e. The van der Waals surface area contributed by atoms with E-state index in [1.54, 1.807) is 12.1 Å². The number of benzene rings is 1. The van der Waals surface area contributed by atoms with Crippen LogP contribution in [0.4, 0.5) is 5.69 Å². The first kappa shape index (κ1) is 16.3. The Morgan fingerprint density at radius 2 is 1.76 bits per heavy atom. The lowest BCUT2D eigenvalue weighted by molar-refractivity contribution is 0.150. The minimum atomic E-state index is -3.35. The van der Waals surface area contributed by atoms with E-state index < -0.39 is 10.0 Å². The Hall–Kier alpha value is -1.11. The molecule has 2 rings (SSSR count). The second kappa shape index (κ2) is 6.34. The van der Waals surface area contributed by atoms with Gasteiger partial charge in [0, 0.05) is 12.2 Å². The zero-order chi connectivity index (χ0) is 15.5. The normalized spacial score (nSPS) is 19.4. The highest BCUT2D eigenvalue weighted by atomic mass is 32.2. The molecule has 0 saturated carbocycles. The second-order valence-corrected chi connectivity index (χ2v) is 8.09. The van der Waals surface area contributed by atoms with Crippen LogP contribution in [0.2, 0.25) is 0 Å². The molecule has 21 heavy (non-hydrogen) atoms. The molecule has 0 aliphatic carbocycles. The number of hydrogen-bond acceptors (Lipinski definition) is 4. The van der Waals surface area contributed by atoms with E-state index in [-0.39, 0.29) is 0 Å². The Labute approximate surface area is 127 Å². The number of anilines is 1. The molecule has 0 atom stereocenters. The summed E-state index contributed by atoms with van der Waals surface area (Å²) >= 11 is 0. The average Bonchev–Trinajstić information content (AvgIpc) is 2.49. The van der Waals surface area contributed by atoms with E-state index in [9.17, 15) is 8.42 Å². The summed E-state index contributed by atoms with van der Waals surface area (Å²) in [4.78, 5) is 2.65. The SMILES string of the molecule is CNS(=O)(=O)c1ccc(NCC2(C)CCN(C)CC2)cc1. The highest BCUT2D eigenvalue weighted by Crippen LogP contribution is 2.30. The zero-order valence-corrected chi connectivity index (χ0v) is 13.8. The number of piperidine rings is 1. The zero-order valence-electron chi connectivity index (χ0n) is 13.0. The maximum absolute atomic E-state index is 11.7. The van der Waals surface area contributed by atoms with E-state index in [2.05, 4.69) is 28.9 Å². The lowest BCUT2D eigenvalue weighted by Gasteiger charge is -2.38. The topological polar surface area (TPSA) is 61.4 Å². The molecule has 0 unspecified atom stereocenters. The summed E-state index contributed by atoms with van der Waals surface area (Å²) in [7, 11) is 0.228. The van der Waals surface area contributed by atoms with Gasteiger partial charge in [-0.15, -0.1) is 0 Å². The van der Waals surface area contributed by atoms with E-state index in [1.165, 1.54) is 19.9 Å². The molecule has 1 aromatic rings. The lowest BCUT2D eigenvalue weighted by atomic mass is 9.80. The lowest BCUT2D eigenvalue weighted by Crippen LogP contribution is -2.40. The van der Waals surface area contributed by atoms with E-state index in [0.717, 1.165) is 25.3 Å². The minimum Gasteiger partial charge on any atom is -0.384 e. The fourth-order valence-electron chi connectivity index (χ4n) is 2.52. The van der Waals surface area contributed by atoms with Crippen LogP contribution in [-0.4, -0.2) is 47.0 Å². The second-order valence-electron chi connectivity index (χ2n) is 6.20. The standard InChI is InChI=1S/C15H25N3O2S/c1-15(8-10-18(3)11-9-15)12-17-13-4-6-14(7-5-13)21(19,20)16-2/h4-7,16-17H,8-12H2,1-3H3. The maximum Gasteiger partial charge on any atom is 0.240 e. The van der Waals surface area contributed by atoms with Gasteiger partial charge in [-0.25, -0.2) is 13.1 Å². The molecule has 118 valence electrons. The van der Waals surface area contributed by atoms with Crippen molar-refractivity contribution in [2.24, 2.45) is 5.41 Å². The molecule has 2 N–H and O–H groups in total. The molecule has 1 fully saturated rings. The number of likely N-dealkylation sites (tertiary alicyclic amines) is 1. The van der Waals surface area contributed by atoms with Gasteiger partial charge < -0.3 is 10.2 Å². The van der Waals surface area contributed by atoms with Gasteiger partial charge in [-0.1, -0.05) is 6.92 Å². The molecule has 0 spiro atoms. The summed E-state index contributed by atoms with van der Waals surface area (Å²) < 4.78 is 25.6. The van der Waals surface area contributed by atoms with Crippen LogP contribution in [0, 0.1) is 5.41 Å². The number of nitrogens with zero attached hydrogens (tertiary/aromatic N) is 1. The van der Waals surface area contributed by atoms with Crippen LogP contribution >= 0.6 is 0 Å². The number of sulfonamides is 1. The molecule has 1 aliphatic heterocycles. The van der Waals surface area contributed by atoms with Crippen LogP contribution in [0.25, 0.3) is 0 Å². The number of nitrogens with one attached hydrogen (secondary N) is 2. The van der Waals surface area contributed by atoms with Crippen LogP contribution in [0.5, 0.6) is 0 Å². The third kappa shape index (κ3) is 4.18. The Kier molecular flexibility index (Phi) is 4.91. The van der Waals surface area contributed by atoms with Crippen molar-refractivity contribution in [3.05, 3.63) is 24.3 Å². The summed E-state index contributed by atoms with van der Waals surface area (Å²) in [5.74, 6) is 0. The van der Waals surface area contributed by atoms with E-state index in [0.29, 0.717) is 10.3 Å². The molecular weight excluding hydrogens is 286 g/mol. The van der Waals surface area contributed by atoms with Gasteiger partial charge in [0.1, 0.15) is 0 Å². The molecular formula is C15H25N3O2S. The van der Waals surface area contributed by atoms with Crippen molar-refractivity contribution in [1.82, 2.24) is 9.62 Å². The van der Waals surface area contributed by atoms with Crippen LogP contribution in [0.3, 0.4) is 0 Å². The third-order valence-corrected chi connectivity index (χ3v) is 5.78. The van der Waals surface area contributed by atoms with Crippen molar-refractivity contribution in [3.8, 4) is 0 Å². The first-order valence-electron chi connectivity index (χ1n) is 7.31. The molecule has 0 radical (unpaired) electrons. The smallest absolute Gasteiger partial charge is 0.240 e. The number of hydrogen-bond donors (Lipinski definition) is 2. The Morgan fingerprint density at radius 3 is 2.29 bits per heavy atom. The predicted molar refractivity (Wildman–Crippen MR) is 86.0 cm³/mol. The molecule has 5 nitrogen and oxygen atoms in total. The highest BCUT2D eigenvalue weighted by Gasteiger charge is 2.28. The van der Waals surface area contributed by atoms with Gasteiger partial charge in [-0.2, -0.15) is 0 Å². The first-order chi connectivity index (χ1) is 9.85. The Balaban J connectivity index is 1.95. The third-order valence-electron chi connectivity index (χ3n) is 4.35. The summed E-state index contributed by atoms with van der Waals surface area (Å²) in [5.41, 5.74) is 1.27. The van der Waals surface area contributed by atoms with Crippen LogP contribution in [-0.2, 0) is 10.0 Å². The van der Waals surface area contributed by atoms with E-state index in [1.807, 2.05) is 12.1 Å². The van der Waals surface area contributed by atoms with Crippen LogP contribution < -0.4 is 10.0 Å². The Morgan fingerprint density at radius 1 is 1.19 bits per heavy atom. The van der Waals surface area contributed by atoms with Gasteiger partial charge in [0.25, 0.3) is 0 Å². The Bertz CT molecular complexity index is 561. The highest BCUT2D eigenvalue weighted by molar-refractivity contribution is 7.89. The predicted octanol–water partition coefficient (Wildman–Crippen LogP) is 1.74. The molecule has 0 amide bonds. The van der Waals surface area contributed by atoms with Crippen molar-refractivity contribution in [2.45, 2.75) is 24.7 Å². The summed E-state index contributed by atoms with van der Waals surface area (Å²) in [6.45, 7) is 5.50. The fraction of sp³-hybridized carbons (Fsp3) is 0.600. The molecule has 0 bridgehead atoms. The monoisotopic (exact) mass is 311 g/mol. The minimum absolute atomic E-state index is 0.293. The average molecular weight is 311 g/mol. The summed E-state index contributed by atoms with van der Waals surface area (Å²) in [5, 5.41) is 3.43. The van der Waals surface area contributed by atoms with Crippen molar-refractivity contribution in [1.29, 1.82) is 0 Å². The van der Waals surface area contributed by atoms with E-state index in [4.69, 9.17) is 0 Å². The van der Waals surface area contributed by atoms with Crippen molar-refractivity contribution in [2.75, 3.05) is 39.0 Å². The van der Waals surface area contributed by atoms with Gasteiger partial charge >= 0.3 is 0 Å². The van der Waals surface area contributed by atoms with Crippen molar-refractivity contribution in [3.63, 3.8) is 0 Å². The molecule has 6 heteroatoms. The van der Waals surface area contributed by atoms with Crippen molar-refractivity contribution < 1.29 is 8.42 Å². The summed E-state index contributed by atoms with van der Waals surface area (Å²) in [6, 6.07) is 6.90. The number of rotatable bonds is 5. The molecule has 1 saturated heterocycles.